The number of rotatable bonds is 6. The van der Waals surface area contributed by atoms with E-state index in [9.17, 15) is 5.11 Å². The Morgan fingerprint density at radius 2 is 2.22 bits per heavy atom. The third-order valence-corrected chi connectivity index (χ3v) is 3.32. The molecule has 5 heteroatoms. The van der Waals surface area contributed by atoms with Gasteiger partial charge in [0, 0.05) is 10.6 Å². The van der Waals surface area contributed by atoms with Crippen LogP contribution in [0.3, 0.4) is 0 Å². The summed E-state index contributed by atoms with van der Waals surface area (Å²) in [6.07, 6.45) is 2.15. The van der Waals surface area contributed by atoms with E-state index in [2.05, 4.69) is 6.92 Å². The van der Waals surface area contributed by atoms with E-state index in [0.717, 1.165) is 19.4 Å². The van der Waals surface area contributed by atoms with Gasteiger partial charge in [0.25, 0.3) is 0 Å². The van der Waals surface area contributed by atoms with Crippen LogP contribution in [-0.4, -0.2) is 28.6 Å². The van der Waals surface area contributed by atoms with Crippen molar-refractivity contribution in [3.8, 4) is 5.75 Å². The number of unbranched alkanes of at least 4 members (excludes halogenated alkanes) is 1. The summed E-state index contributed by atoms with van der Waals surface area (Å²) in [5.41, 5.74) is 6.46. The molecule has 1 aromatic carbocycles. The molecular weight excluding hydrogens is 268 g/mol. The highest BCUT2D eigenvalue weighted by Crippen LogP contribution is 2.31. The van der Waals surface area contributed by atoms with Crippen molar-refractivity contribution in [2.24, 2.45) is 5.73 Å². The molecule has 3 nitrogen and oxygen atoms in total. The normalized spacial score (nSPS) is 12.7. The maximum Gasteiger partial charge on any atom is 0.120 e. The molecule has 1 rings (SSSR count). The molecule has 1 aromatic rings. The minimum atomic E-state index is -0.287. The molecule has 1 unspecified atom stereocenters. The van der Waals surface area contributed by atoms with Gasteiger partial charge >= 0.3 is 0 Å². The van der Waals surface area contributed by atoms with Gasteiger partial charge in [-0.05, 0) is 38.2 Å². The first-order chi connectivity index (χ1) is 8.47. The number of benzene rings is 1. The zero-order chi connectivity index (χ0) is 13.7. The minimum Gasteiger partial charge on any atom is -0.508 e. The van der Waals surface area contributed by atoms with Gasteiger partial charge in [-0.3, -0.25) is 4.90 Å². The molecule has 0 radical (unpaired) electrons. The first kappa shape index (κ1) is 15.2. The van der Waals surface area contributed by atoms with Crippen molar-refractivity contribution in [2.45, 2.75) is 25.8 Å². The molecule has 0 aliphatic carbocycles. The smallest absolute Gasteiger partial charge is 0.120 e. The lowest BCUT2D eigenvalue weighted by Gasteiger charge is -2.28. The first-order valence-electron chi connectivity index (χ1n) is 5.95. The van der Waals surface area contributed by atoms with Crippen LogP contribution in [0.1, 0.15) is 31.4 Å². The highest BCUT2D eigenvalue weighted by Gasteiger charge is 2.22. The number of thiocarbonyl (C=S) groups is 1. The molecule has 0 saturated carbocycles. The van der Waals surface area contributed by atoms with Gasteiger partial charge in [-0.1, -0.05) is 37.2 Å². The summed E-state index contributed by atoms with van der Waals surface area (Å²) >= 11 is 11.1. The van der Waals surface area contributed by atoms with Gasteiger partial charge in [0.05, 0.1) is 11.0 Å². The van der Waals surface area contributed by atoms with Crippen molar-refractivity contribution in [2.75, 3.05) is 13.6 Å². The van der Waals surface area contributed by atoms with E-state index in [4.69, 9.17) is 29.6 Å². The Kier molecular flexibility index (Phi) is 5.85. The van der Waals surface area contributed by atoms with Crippen LogP contribution in [0.4, 0.5) is 0 Å². The van der Waals surface area contributed by atoms with E-state index in [1.54, 1.807) is 18.2 Å². The lowest BCUT2D eigenvalue weighted by Crippen LogP contribution is -2.34. The summed E-state index contributed by atoms with van der Waals surface area (Å²) in [4.78, 5) is 2.38. The maximum atomic E-state index is 9.93. The average Bonchev–Trinajstić information content (AvgIpc) is 2.30. The summed E-state index contributed by atoms with van der Waals surface area (Å²) < 4.78 is 0. The highest BCUT2D eigenvalue weighted by molar-refractivity contribution is 7.80. The first-order valence-corrected chi connectivity index (χ1v) is 6.74. The van der Waals surface area contributed by atoms with Crippen molar-refractivity contribution < 1.29 is 5.11 Å². The quantitative estimate of drug-likeness (QED) is 0.789. The van der Waals surface area contributed by atoms with Gasteiger partial charge in [0.2, 0.25) is 0 Å². The molecule has 0 saturated heterocycles. The van der Waals surface area contributed by atoms with E-state index in [-0.39, 0.29) is 11.8 Å². The molecule has 3 N–H and O–H groups in total. The molecule has 1 atom stereocenters. The molecule has 0 aliphatic rings. The number of hydrogen-bond acceptors (Lipinski definition) is 3. The SMILES string of the molecule is CCCCN(C)C(C(N)=S)c1cc(Cl)ccc1O. The van der Waals surface area contributed by atoms with Crippen molar-refractivity contribution >= 4 is 28.8 Å². The van der Waals surface area contributed by atoms with Crippen LogP contribution in [-0.2, 0) is 0 Å². The summed E-state index contributed by atoms with van der Waals surface area (Å²) in [7, 11) is 1.94. The van der Waals surface area contributed by atoms with Gasteiger partial charge in [-0.2, -0.15) is 0 Å². The lowest BCUT2D eigenvalue weighted by molar-refractivity contribution is 0.291. The summed E-state index contributed by atoms with van der Waals surface area (Å²) in [5, 5.41) is 10.5. The van der Waals surface area contributed by atoms with Gasteiger partial charge in [0.15, 0.2) is 0 Å². The van der Waals surface area contributed by atoms with Crippen LogP contribution >= 0.6 is 23.8 Å². The number of nitrogens with two attached hydrogens (primary N) is 1. The van der Waals surface area contributed by atoms with E-state index >= 15 is 0 Å². The fourth-order valence-corrected chi connectivity index (χ4v) is 2.38. The Hall–Kier alpha value is -0.840. The Labute approximate surface area is 119 Å². The average molecular weight is 287 g/mol. The fraction of sp³-hybridized carbons (Fsp3) is 0.462. The van der Waals surface area contributed by atoms with Crippen molar-refractivity contribution in [3.63, 3.8) is 0 Å². The zero-order valence-corrected chi connectivity index (χ0v) is 12.3. The molecule has 0 heterocycles. The number of nitrogens with zero attached hydrogens (tertiary/aromatic N) is 1. The molecule has 0 fully saturated rings. The van der Waals surface area contributed by atoms with Crippen LogP contribution in [0.2, 0.25) is 5.02 Å². The fourth-order valence-electron chi connectivity index (χ4n) is 1.89. The van der Waals surface area contributed by atoms with Gasteiger partial charge in [0.1, 0.15) is 5.75 Å². The lowest BCUT2D eigenvalue weighted by atomic mass is 10.0. The van der Waals surface area contributed by atoms with E-state index in [1.807, 2.05) is 11.9 Å². The van der Waals surface area contributed by atoms with E-state index in [0.29, 0.717) is 15.6 Å². The van der Waals surface area contributed by atoms with E-state index < -0.39 is 0 Å². The zero-order valence-electron chi connectivity index (χ0n) is 10.7. The Morgan fingerprint density at radius 1 is 1.56 bits per heavy atom. The summed E-state index contributed by atoms with van der Waals surface area (Å²) in [5.74, 6) is 0.167. The Morgan fingerprint density at radius 3 is 2.78 bits per heavy atom. The van der Waals surface area contributed by atoms with Crippen LogP contribution in [0, 0.1) is 0 Å². The standard InChI is InChI=1S/C13H19ClN2OS/c1-3-4-7-16(2)12(13(15)18)10-8-9(14)5-6-11(10)17/h5-6,8,12,17H,3-4,7H2,1-2H3,(H2,15,18). The summed E-state index contributed by atoms with van der Waals surface area (Å²) in [6, 6.07) is 4.63. The van der Waals surface area contributed by atoms with Crippen LogP contribution in [0.15, 0.2) is 18.2 Å². The maximum absolute atomic E-state index is 9.93. The Balaban J connectivity index is 3.04. The second-order valence-corrected chi connectivity index (χ2v) is 5.25. The molecule has 0 aliphatic heterocycles. The summed E-state index contributed by atoms with van der Waals surface area (Å²) in [6.45, 7) is 2.99. The molecular formula is C13H19ClN2OS. The second-order valence-electron chi connectivity index (χ2n) is 4.34. The van der Waals surface area contributed by atoms with Crippen LogP contribution < -0.4 is 5.73 Å². The monoisotopic (exact) mass is 286 g/mol. The van der Waals surface area contributed by atoms with Gasteiger partial charge in [-0.25, -0.2) is 0 Å². The molecule has 100 valence electrons. The molecule has 0 spiro atoms. The molecule has 18 heavy (non-hydrogen) atoms. The van der Waals surface area contributed by atoms with E-state index in [1.165, 1.54) is 0 Å². The molecule has 0 amide bonds. The number of hydrogen-bond donors (Lipinski definition) is 2. The number of aromatic hydroxyl groups is 1. The predicted molar refractivity (Wildman–Crippen MR) is 80.2 cm³/mol. The molecule has 0 bridgehead atoms. The third kappa shape index (κ3) is 3.83. The van der Waals surface area contributed by atoms with Gasteiger partial charge in [-0.15, -0.1) is 0 Å². The molecule has 0 aromatic heterocycles. The largest absolute Gasteiger partial charge is 0.508 e. The topological polar surface area (TPSA) is 49.5 Å². The van der Waals surface area contributed by atoms with Gasteiger partial charge < -0.3 is 10.8 Å². The van der Waals surface area contributed by atoms with Crippen molar-refractivity contribution in [3.05, 3.63) is 28.8 Å². The predicted octanol–water partition coefficient (Wildman–Crippen LogP) is 3.10. The number of phenolic OH excluding ortho intramolecular Hbond substituents is 1. The van der Waals surface area contributed by atoms with Crippen molar-refractivity contribution in [1.29, 1.82) is 0 Å². The van der Waals surface area contributed by atoms with Crippen LogP contribution in [0.5, 0.6) is 5.75 Å². The second kappa shape index (κ2) is 6.92. The number of likely N-dealkylation sites (N-methyl/N-ethyl adjacent to an activating group) is 1. The van der Waals surface area contributed by atoms with Crippen molar-refractivity contribution in [1.82, 2.24) is 4.90 Å². The number of halogens is 1. The minimum absolute atomic E-state index is 0.167. The number of phenols is 1. The Bertz CT molecular complexity index is 425. The van der Waals surface area contributed by atoms with Crippen LogP contribution in [0.25, 0.3) is 0 Å². The third-order valence-electron chi connectivity index (χ3n) is 2.86. The highest BCUT2D eigenvalue weighted by atomic mass is 35.5.